The Morgan fingerprint density at radius 1 is 1.30 bits per heavy atom. The fourth-order valence-corrected chi connectivity index (χ4v) is 5.86. The highest BCUT2D eigenvalue weighted by Gasteiger charge is 2.26. The molecule has 0 spiro atoms. The minimum absolute atomic E-state index is 0.199. The second-order valence-electron chi connectivity index (χ2n) is 7.89. The van der Waals surface area contributed by atoms with Gasteiger partial charge in [0.25, 0.3) is 0 Å². The Bertz CT molecular complexity index is 1220. The van der Waals surface area contributed by atoms with Crippen molar-refractivity contribution in [1.29, 1.82) is 0 Å². The highest BCUT2D eigenvalue weighted by atomic mass is 35.5. The molecule has 0 bridgehead atoms. The molecule has 174 valence electrons. The Kier molecular flexibility index (Phi) is 7.02. The van der Waals surface area contributed by atoms with Crippen molar-refractivity contribution in [2.45, 2.75) is 46.1 Å². The molecule has 0 amide bonds. The summed E-state index contributed by atoms with van der Waals surface area (Å²) in [7, 11) is 1.39. The SMILES string of the molecule is COC(=O)c1c(NC(=S)Nc2c(C)nn(Cc3c(F)cccc3Cl)c2C)sc2c1CCCC2. The molecule has 1 aliphatic carbocycles. The number of rotatable bonds is 5. The van der Waals surface area contributed by atoms with E-state index in [2.05, 4.69) is 15.7 Å². The number of thiocarbonyl (C=S) groups is 1. The summed E-state index contributed by atoms with van der Waals surface area (Å²) in [6.07, 6.45) is 3.98. The number of benzene rings is 1. The van der Waals surface area contributed by atoms with Gasteiger partial charge in [-0.1, -0.05) is 17.7 Å². The molecule has 10 heteroatoms. The van der Waals surface area contributed by atoms with Gasteiger partial charge in [-0.15, -0.1) is 11.3 Å². The number of ether oxygens (including phenoxy) is 1. The minimum atomic E-state index is -0.376. The minimum Gasteiger partial charge on any atom is -0.465 e. The van der Waals surface area contributed by atoms with Crippen LogP contribution in [0.25, 0.3) is 0 Å². The number of nitrogens with zero attached hydrogens (tertiary/aromatic N) is 2. The van der Waals surface area contributed by atoms with Gasteiger partial charge >= 0.3 is 5.97 Å². The first kappa shape index (κ1) is 23.7. The lowest BCUT2D eigenvalue weighted by atomic mass is 9.95. The summed E-state index contributed by atoms with van der Waals surface area (Å²) < 4.78 is 21.0. The summed E-state index contributed by atoms with van der Waals surface area (Å²) in [6.45, 7) is 3.93. The van der Waals surface area contributed by atoms with E-state index in [0.717, 1.165) is 42.6 Å². The van der Waals surface area contributed by atoms with Crippen LogP contribution in [0, 0.1) is 19.7 Å². The van der Waals surface area contributed by atoms with E-state index in [0.29, 0.717) is 32.0 Å². The number of aromatic nitrogens is 2. The van der Waals surface area contributed by atoms with E-state index in [1.165, 1.54) is 18.1 Å². The number of carbonyl (C=O) groups excluding carboxylic acids is 1. The molecule has 2 aromatic heterocycles. The van der Waals surface area contributed by atoms with E-state index < -0.39 is 0 Å². The van der Waals surface area contributed by atoms with Crippen LogP contribution in [0.1, 0.15) is 50.6 Å². The topological polar surface area (TPSA) is 68.2 Å². The normalized spacial score (nSPS) is 12.9. The van der Waals surface area contributed by atoms with Crippen molar-refractivity contribution in [3.8, 4) is 0 Å². The molecule has 2 heterocycles. The number of nitrogens with one attached hydrogen (secondary N) is 2. The third-order valence-corrected chi connectivity index (χ3v) is 7.54. The van der Waals surface area contributed by atoms with E-state index in [-0.39, 0.29) is 18.3 Å². The molecule has 0 atom stereocenters. The van der Waals surface area contributed by atoms with Crippen LogP contribution in [-0.4, -0.2) is 28.0 Å². The van der Waals surface area contributed by atoms with Gasteiger partial charge in [0.1, 0.15) is 10.8 Å². The van der Waals surface area contributed by atoms with Crippen LogP contribution >= 0.6 is 35.2 Å². The standard InChI is InChI=1S/C23H24ClFN4O2S2/c1-12-20(13(2)29(28-12)11-15-16(24)8-6-9-17(15)25)26-23(32)27-21-19(22(30)31-3)14-7-4-5-10-18(14)33-21/h6,8-9H,4-5,7,10-11H2,1-3H3,(H2,26,27,32). The first-order chi connectivity index (χ1) is 15.8. The monoisotopic (exact) mass is 506 g/mol. The van der Waals surface area contributed by atoms with Crippen molar-refractivity contribution in [1.82, 2.24) is 9.78 Å². The number of thiophene rings is 1. The summed E-state index contributed by atoms with van der Waals surface area (Å²) >= 11 is 13.3. The molecule has 4 rings (SSSR count). The average molecular weight is 507 g/mol. The first-order valence-electron chi connectivity index (χ1n) is 10.6. The van der Waals surface area contributed by atoms with E-state index in [1.807, 2.05) is 13.8 Å². The Labute approximate surface area is 206 Å². The number of halogens is 2. The van der Waals surface area contributed by atoms with Gasteiger partial charge in [-0.25, -0.2) is 9.18 Å². The maximum Gasteiger partial charge on any atom is 0.341 e. The number of hydrogen-bond donors (Lipinski definition) is 2. The van der Waals surface area contributed by atoms with Gasteiger partial charge in [-0.3, -0.25) is 4.68 Å². The Morgan fingerprint density at radius 2 is 2.06 bits per heavy atom. The van der Waals surface area contributed by atoms with Gasteiger partial charge in [0, 0.05) is 15.5 Å². The molecule has 1 aliphatic rings. The fraction of sp³-hybridized carbons (Fsp3) is 0.348. The van der Waals surface area contributed by atoms with E-state index in [4.69, 9.17) is 28.6 Å². The van der Waals surface area contributed by atoms with Gasteiger partial charge < -0.3 is 15.4 Å². The molecule has 1 aromatic carbocycles. The molecule has 0 aliphatic heterocycles. The molecule has 0 saturated heterocycles. The van der Waals surface area contributed by atoms with Crippen molar-refractivity contribution < 1.29 is 13.9 Å². The zero-order valence-electron chi connectivity index (χ0n) is 18.6. The van der Waals surface area contributed by atoms with Crippen LogP contribution in [0.3, 0.4) is 0 Å². The van der Waals surface area contributed by atoms with Crippen molar-refractivity contribution in [3.05, 3.63) is 62.0 Å². The number of aryl methyl sites for hydroxylation is 2. The van der Waals surface area contributed by atoms with Gasteiger partial charge in [0.2, 0.25) is 0 Å². The van der Waals surface area contributed by atoms with E-state index in [1.54, 1.807) is 28.2 Å². The highest BCUT2D eigenvalue weighted by molar-refractivity contribution is 7.80. The van der Waals surface area contributed by atoms with Gasteiger partial charge in [-0.05, 0) is 69.4 Å². The molecule has 0 unspecified atom stereocenters. The van der Waals surface area contributed by atoms with Crippen molar-refractivity contribution in [3.63, 3.8) is 0 Å². The quantitative estimate of drug-likeness (QED) is 0.333. The number of carbonyl (C=O) groups is 1. The summed E-state index contributed by atoms with van der Waals surface area (Å²) in [5, 5.41) is 12.3. The number of fused-ring (bicyclic) bond motifs is 1. The molecule has 0 radical (unpaired) electrons. The lowest BCUT2D eigenvalue weighted by molar-refractivity contribution is 0.0601. The lowest BCUT2D eigenvalue weighted by Gasteiger charge is -2.13. The number of anilines is 2. The average Bonchev–Trinajstić information content (AvgIpc) is 3.27. The van der Waals surface area contributed by atoms with Crippen LogP contribution in [-0.2, 0) is 24.1 Å². The highest BCUT2D eigenvalue weighted by Crippen LogP contribution is 2.38. The second-order valence-corrected chi connectivity index (χ2v) is 9.81. The van der Waals surface area contributed by atoms with Crippen molar-refractivity contribution in [2.24, 2.45) is 0 Å². The molecular formula is C23H24ClFN4O2S2. The van der Waals surface area contributed by atoms with E-state index in [9.17, 15) is 9.18 Å². The van der Waals surface area contributed by atoms with Gasteiger partial charge in [-0.2, -0.15) is 5.10 Å². The third-order valence-electron chi connectivity index (χ3n) is 5.78. The Morgan fingerprint density at radius 3 is 2.79 bits per heavy atom. The number of esters is 1. The molecular weight excluding hydrogens is 483 g/mol. The summed E-state index contributed by atoms with van der Waals surface area (Å²) in [4.78, 5) is 13.7. The zero-order valence-corrected chi connectivity index (χ0v) is 20.9. The van der Waals surface area contributed by atoms with Crippen molar-refractivity contribution in [2.75, 3.05) is 17.7 Å². The number of hydrogen-bond acceptors (Lipinski definition) is 5. The Hall–Kier alpha value is -2.49. The first-order valence-corrected chi connectivity index (χ1v) is 12.2. The van der Waals surface area contributed by atoms with Crippen molar-refractivity contribution >= 4 is 56.9 Å². The zero-order chi connectivity index (χ0) is 23.7. The smallest absolute Gasteiger partial charge is 0.341 e. The van der Waals surface area contributed by atoms with Crippen LogP contribution in [0.15, 0.2) is 18.2 Å². The number of methoxy groups -OCH3 is 1. The molecule has 0 saturated carbocycles. The van der Waals surface area contributed by atoms with E-state index >= 15 is 0 Å². The third kappa shape index (κ3) is 4.76. The predicted octanol–water partition coefficient (Wildman–Crippen LogP) is 5.88. The second kappa shape index (κ2) is 9.79. The fourth-order valence-electron chi connectivity index (χ4n) is 4.08. The molecule has 33 heavy (non-hydrogen) atoms. The molecule has 3 aromatic rings. The van der Waals surface area contributed by atoms with Gasteiger partial charge in [0.05, 0.1) is 36.3 Å². The van der Waals surface area contributed by atoms with Crippen LogP contribution in [0.5, 0.6) is 0 Å². The predicted molar refractivity (Wildman–Crippen MR) is 134 cm³/mol. The Balaban J connectivity index is 1.56. The summed E-state index contributed by atoms with van der Waals surface area (Å²) in [5.74, 6) is -0.736. The van der Waals surface area contributed by atoms with Crippen LogP contribution in [0.2, 0.25) is 5.02 Å². The molecule has 2 N–H and O–H groups in total. The largest absolute Gasteiger partial charge is 0.465 e. The van der Waals surface area contributed by atoms with Gasteiger partial charge in [0.15, 0.2) is 5.11 Å². The molecule has 0 fully saturated rings. The maximum atomic E-state index is 14.2. The summed E-state index contributed by atoms with van der Waals surface area (Å²) in [6, 6.07) is 4.61. The van der Waals surface area contributed by atoms with Crippen LogP contribution in [0.4, 0.5) is 15.1 Å². The van der Waals surface area contributed by atoms with Crippen LogP contribution < -0.4 is 10.6 Å². The molecule has 6 nitrogen and oxygen atoms in total. The maximum absolute atomic E-state index is 14.2. The summed E-state index contributed by atoms with van der Waals surface area (Å²) in [5.41, 5.74) is 4.23. The lowest BCUT2D eigenvalue weighted by Crippen LogP contribution is -2.21.